The SMILES string of the molecule is CS(=O)(=O)N(Cc1ccc(Cl)cc1)c1ccc(C(=O)Nc2ccc(S(=O)(=O)N3CCCCC3)cc2)cc1. The lowest BCUT2D eigenvalue weighted by molar-refractivity contribution is 0.102. The average Bonchev–Trinajstić information content (AvgIpc) is 2.88. The Bertz CT molecular complexity index is 1450. The van der Waals surface area contributed by atoms with E-state index in [-0.39, 0.29) is 11.4 Å². The summed E-state index contributed by atoms with van der Waals surface area (Å²) in [5.41, 5.74) is 1.96. The van der Waals surface area contributed by atoms with Crippen LogP contribution in [0.5, 0.6) is 0 Å². The summed E-state index contributed by atoms with van der Waals surface area (Å²) in [6, 6.07) is 19.2. The van der Waals surface area contributed by atoms with Gasteiger partial charge < -0.3 is 5.32 Å². The molecule has 0 radical (unpaired) electrons. The second-order valence-electron chi connectivity index (χ2n) is 8.89. The molecular formula is C26H28ClN3O5S2. The van der Waals surface area contributed by atoms with E-state index in [9.17, 15) is 21.6 Å². The van der Waals surface area contributed by atoms with Crippen molar-refractivity contribution in [1.82, 2.24) is 4.31 Å². The van der Waals surface area contributed by atoms with E-state index in [4.69, 9.17) is 11.6 Å². The number of sulfonamides is 2. The Morgan fingerprint density at radius 1 is 0.865 bits per heavy atom. The van der Waals surface area contributed by atoms with Crippen molar-refractivity contribution >= 4 is 48.9 Å². The molecule has 0 spiro atoms. The van der Waals surface area contributed by atoms with Crippen LogP contribution >= 0.6 is 11.6 Å². The molecule has 11 heteroatoms. The average molecular weight is 562 g/mol. The largest absolute Gasteiger partial charge is 0.322 e. The molecule has 0 bridgehead atoms. The smallest absolute Gasteiger partial charge is 0.255 e. The maximum Gasteiger partial charge on any atom is 0.255 e. The third-order valence-corrected chi connectivity index (χ3v) is 9.43. The van der Waals surface area contributed by atoms with Crippen molar-refractivity contribution in [2.24, 2.45) is 0 Å². The Kier molecular flexibility index (Phi) is 8.23. The Balaban J connectivity index is 1.45. The molecule has 8 nitrogen and oxygen atoms in total. The van der Waals surface area contributed by atoms with E-state index in [1.54, 1.807) is 60.7 Å². The molecule has 0 atom stereocenters. The van der Waals surface area contributed by atoms with Crippen molar-refractivity contribution < 1.29 is 21.6 Å². The lowest BCUT2D eigenvalue weighted by Crippen LogP contribution is -2.35. The van der Waals surface area contributed by atoms with Crippen LogP contribution in [0.1, 0.15) is 35.2 Å². The fraction of sp³-hybridized carbons (Fsp3) is 0.269. The monoisotopic (exact) mass is 561 g/mol. The Hall–Kier alpha value is -2.92. The summed E-state index contributed by atoms with van der Waals surface area (Å²) in [5, 5.41) is 3.31. The third-order valence-electron chi connectivity index (χ3n) is 6.12. The van der Waals surface area contributed by atoms with Gasteiger partial charge >= 0.3 is 0 Å². The fourth-order valence-corrected chi connectivity index (χ4v) is 6.63. The molecule has 1 aliphatic rings. The van der Waals surface area contributed by atoms with Gasteiger partial charge in [-0.15, -0.1) is 0 Å². The highest BCUT2D eigenvalue weighted by molar-refractivity contribution is 7.92. The van der Waals surface area contributed by atoms with Gasteiger partial charge in [0.1, 0.15) is 0 Å². The number of carbonyl (C=O) groups excluding carboxylic acids is 1. The van der Waals surface area contributed by atoms with Gasteiger partial charge in [-0.1, -0.05) is 30.2 Å². The van der Waals surface area contributed by atoms with Crippen LogP contribution in [0.4, 0.5) is 11.4 Å². The number of rotatable bonds is 8. The van der Waals surface area contributed by atoms with Crippen molar-refractivity contribution in [3.8, 4) is 0 Å². The highest BCUT2D eigenvalue weighted by Gasteiger charge is 2.26. The van der Waals surface area contributed by atoms with Gasteiger partial charge in [-0.25, -0.2) is 16.8 Å². The van der Waals surface area contributed by atoms with Gasteiger partial charge in [-0.2, -0.15) is 4.31 Å². The molecule has 0 aliphatic carbocycles. The molecule has 3 aromatic rings. The fourth-order valence-electron chi connectivity index (χ4n) is 4.10. The van der Waals surface area contributed by atoms with Crippen molar-refractivity contribution in [1.29, 1.82) is 0 Å². The summed E-state index contributed by atoms with van der Waals surface area (Å²) < 4.78 is 53.3. The Morgan fingerprint density at radius 2 is 1.46 bits per heavy atom. The van der Waals surface area contributed by atoms with E-state index >= 15 is 0 Å². The van der Waals surface area contributed by atoms with Gasteiger partial charge in [0.15, 0.2) is 0 Å². The van der Waals surface area contributed by atoms with Crippen LogP contribution in [-0.2, 0) is 26.6 Å². The van der Waals surface area contributed by atoms with Gasteiger partial charge in [0.2, 0.25) is 20.0 Å². The number of carbonyl (C=O) groups is 1. The predicted octanol–water partition coefficient (Wildman–Crippen LogP) is 4.73. The summed E-state index contributed by atoms with van der Waals surface area (Å²) in [7, 11) is -7.13. The molecule has 1 N–H and O–H groups in total. The zero-order valence-corrected chi connectivity index (χ0v) is 22.7. The molecule has 3 aromatic carbocycles. The van der Waals surface area contributed by atoms with Gasteiger partial charge in [-0.05, 0) is 79.1 Å². The Labute approximate surface area is 223 Å². The molecular weight excluding hydrogens is 534 g/mol. The standard InChI is InChI=1S/C26H28ClN3O5S2/c1-36(32,33)30(19-20-5-9-22(27)10-6-20)24-13-7-21(8-14-24)26(31)28-23-11-15-25(16-12-23)37(34,35)29-17-3-2-4-18-29/h5-16H,2-4,17-19H2,1H3,(H,28,31). The molecule has 1 heterocycles. The second-order valence-corrected chi connectivity index (χ2v) is 13.2. The zero-order chi connectivity index (χ0) is 26.6. The summed E-state index contributed by atoms with van der Waals surface area (Å²) >= 11 is 5.92. The molecule has 1 fully saturated rings. The summed E-state index contributed by atoms with van der Waals surface area (Å²) in [5.74, 6) is -0.401. The van der Waals surface area contributed by atoms with Crippen LogP contribution in [-0.4, -0.2) is 46.4 Å². The first-order valence-electron chi connectivity index (χ1n) is 11.8. The Morgan fingerprint density at radius 3 is 2.03 bits per heavy atom. The van der Waals surface area contributed by atoms with Gasteiger partial charge in [0, 0.05) is 29.4 Å². The summed E-state index contributed by atoms with van der Waals surface area (Å²) in [6.45, 7) is 1.16. The molecule has 0 saturated carbocycles. The van der Waals surface area contributed by atoms with Gasteiger partial charge in [-0.3, -0.25) is 9.10 Å². The first kappa shape index (κ1) is 27.1. The van der Waals surface area contributed by atoms with E-state index in [2.05, 4.69) is 5.32 Å². The maximum absolute atomic E-state index is 12.8. The van der Waals surface area contributed by atoms with Crippen molar-refractivity contribution in [3.63, 3.8) is 0 Å². The highest BCUT2D eigenvalue weighted by Crippen LogP contribution is 2.24. The normalized spacial score (nSPS) is 14.8. The molecule has 4 rings (SSSR count). The molecule has 0 aromatic heterocycles. The van der Waals surface area contributed by atoms with Crippen LogP contribution in [0.15, 0.2) is 77.7 Å². The lowest BCUT2D eigenvalue weighted by atomic mass is 10.1. The van der Waals surface area contributed by atoms with Crippen LogP contribution in [0.2, 0.25) is 5.02 Å². The molecule has 1 amide bonds. The number of anilines is 2. The minimum Gasteiger partial charge on any atom is -0.322 e. The lowest BCUT2D eigenvalue weighted by Gasteiger charge is -2.25. The summed E-state index contributed by atoms with van der Waals surface area (Å²) in [4.78, 5) is 13.0. The first-order valence-corrected chi connectivity index (χ1v) is 15.4. The number of amides is 1. The number of piperidine rings is 1. The van der Waals surface area contributed by atoms with Gasteiger partial charge in [0.05, 0.1) is 23.4 Å². The molecule has 37 heavy (non-hydrogen) atoms. The minimum atomic E-state index is -3.59. The number of nitrogens with one attached hydrogen (secondary N) is 1. The van der Waals surface area contributed by atoms with Gasteiger partial charge in [0.25, 0.3) is 5.91 Å². The van der Waals surface area contributed by atoms with Crippen LogP contribution in [0.25, 0.3) is 0 Å². The summed E-state index contributed by atoms with van der Waals surface area (Å²) in [6.07, 6.45) is 3.87. The van der Waals surface area contributed by atoms with E-state index in [1.165, 1.54) is 20.7 Å². The van der Waals surface area contributed by atoms with E-state index < -0.39 is 26.0 Å². The number of halogens is 1. The number of nitrogens with zero attached hydrogens (tertiary/aromatic N) is 2. The molecule has 196 valence electrons. The highest BCUT2D eigenvalue weighted by atomic mass is 35.5. The molecule has 0 unspecified atom stereocenters. The van der Waals surface area contributed by atoms with Crippen LogP contribution < -0.4 is 9.62 Å². The van der Waals surface area contributed by atoms with E-state index in [0.717, 1.165) is 31.1 Å². The molecule has 1 aliphatic heterocycles. The number of hydrogen-bond acceptors (Lipinski definition) is 5. The molecule has 1 saturated heterocycles. The zero-order valence-electron chi connectivity index (χ0n) is 20.3. The van der Waals surface area contributed by atoms with Crippen molar-refractivity contribution in [2.45, 2.75) is 30.7 Å². The topological polar surface area (TPSA) is 104 Å². The van der Waals surface area contributed by atoms with E-state index in [0.29, 0.717) is 35.1 Å². The second kappa shape index (κ2) is 11.2. The number of hydrogen-bond donors (Lipinski definition) is 1. The quantitative estimate of drug-likeness (QED) is 0.428. The van der Waals surface area contributed by atoms with Crippen molar-refractivity contribution in [3.05, 3.63) is 88.9 Å². The first-order chi connectivity index (χ1) is 17.5. The maximum atomic E-state index is 12.8. The van der Waals surface area contributed by atoms with E-state index in [1.807, 2.05) is 0 Å². The van der Waals surface area contributed by atoms with Crippen LogP contribution in [0.3, 0.4) is 0 Å². The predicted molar refractivity (Wildman–Crippen MR) is 146 cm³/mol. The van der Waals surface area contributed by atoms with Crippen LogP contribution in [0, 0.1) is 0 Å². The minimum absolute atomic E-state index is 0.119. The third kappa shape index (κ3) is 6.70. The number of benzene rings is 3. The van der Waals surface area contributed by atoms with Crippen molar-refractivity contribution in [2.75, 3.05) is 29.0 Å².